The van der Waals surface area contributed by atoms with E-state index < -0.39 is 0 Å². The fraction of sp³-hybridized carbons (Fsp3) is 0.143. The second kappa shape index (κ2) is 8.34. The quantitative estimate of drug-likeness (QED) is 0.402. The number of nitrogens with zero attached hydrogens (tertiary/aromatic N) is 1. The highest BCUT2D eigenvalue weighted by molar-refractivity contribution is 8.26. The summed E-state index contributed by atoms with van der Waals surface area (Å²) in [5, 5.41) is 0. The molecule has 0 radical (unpaired) electrons. The van der Waals surface area contributed by atoms with Crippen molar-refractivity contribution in [2.24, 2.45) is 0 Å². The summed E-state index contributed by atoms with van der Waals surface area (Å²) in [6.07, 6.45) is 3.53. The monoisotopic (exact) mass is 381 g/mol. The SMILES string of the molecule is C=CCN1C(=O)/C(=C\c2ccc(OCc3ccccc3C)cc2)SC1=S. The number of carbonyl (C=O) groups excluding carboxylic acids is 1. The highest BCUT2D eigenvalue weighted by atomic mass is 32.2. The molecule has 1 amide bonds. The van der Waals surface area contributed by atoms with E-state index in [0.717, 1.165) is 11.3 Å². The second-order valence-corrected chi connectivity index (χ2v) is 7.54. The maximum Gasteiger partial charge on any atom is 0.266 e. The summed E-state index contributed by atoms with van der Waals surface area (Å²) in [5.41, 5.74) is 3.32. The first kappa shape index (κ1) is 18.4. The van der Waals surface area contributed by atoms with Crippen LogP contribution in [-0.2, 0) is 11.4 Å². The van der Waals surface area contributed by atoms with Gasteiger partial charge >= 0.3 is 0 Å². The van der Waals surface area contributed by atoms with Crippen LogP contribution >= 0.6 is 24.0 Å². The van der Waals surface area contributed by atoms with Crippen LogP contribution in [-0.4, -0.2) is 21.7 Å². The molecule has 2 aromatic rings. The number of ether oxygens (including phenoxy) is 1. The standard InChI is InChI=1S/C21H19NO2S2/c1-3-12-22-20(23)19(26-21(22)25)13-16-8-10-18(11-9-16)24-14-17-7-5-4-6-15(17)2/h3-11,13H,1,12,14H2,2H3/b19-13+. The Balaban J connectivity index is 1.66. The fourth-order valence-corrected chi connectivity index (χ4v) is 3.81. The van der Waals surface area contributed by atoms with Gasteiger partial charge in [-0.05, 0) is 41.8 Å². The summed E-state index contributed by atoms with van der Waals surface area (Å²) >= 11 is 6.57. The van der Waals surface area contributed by atoms with Gasteiger partial charge in [-0.15, -0.1) is 6.58 Å². The molecule has 1 aliphatic heterocycles. The van der Waals surface area contributed by atoms with Crippen molar-refractivity contribution < 1.29 is 9.53 Å². The predicted octanol–water partition coefficient (Wildman–Crippen LogP) is 4.96. The molecule has 3 nitrogen and oxygen atoms in total. The largest absolute Gasteiger partial charge is 0.489 e. The second-order valence-electron chi connectivity index (χ2n) is 5.87. The molecule has 0 spiro atoms. The normalized spacial score (nSPS) is 15.6. The van der Waals surface area contributed by atoms with Crippen molar-refractivity contribution in [3.05, 3.63) is 82.8 Å². The van der Waals surface area contributed by atoms with Crippen molar-refractivity contribution in [1.82, 2.24) is 4.90 Å². The molecular formula is C21H19NO2S2. The molecule has 0 aliphatic carbocycles. The van der Waals surface area contributed by atoms with Crippen molar-refractivity contribution >= 4 is 40.3 Å². The topological polar surface area (TPSA) is 29.5 Å². The average molecular weight is 382 g/mol. The molecule has 0 aromatic heterocycles. The molecule has 0 atom stereocenters. The van der Waals surface area contributed by atoms with Gasteiger partial charge in [-0.1, -0.05) is 66.5 Å². The van der Waals surface area contributed by atoms with Crippen LogP contribution in [0.25, 0.3) is 6.08 Å². The molecule has 1 fully saturated rings. The lowest BCUT2D eigenvalue weighted by molar-refractivity contribution is -0.121. The number of hydrogen-bond acceptors (Lipinski definition) is 4. The zero-order chi connectivity index (χ0) is 18.5. The third-order valence-corrected chi connectivity index (χ3v) is 5.40. The van der Waals surface area contributed by atoms with Gasteiger partial charge in [-0.3, -0.25) is 9.69 Å². The van der Waals surface area contributed by atoms with Gasteiger partial charge in [-0.2, -0.15) is 0 Å². The van der Waals surface area contributed by atoms with Gasteiger partial charge < -0.3 is 4.74 Å². The van der Waals surface area contributed by atoms with Crippen molar-refractivity contribution in [3.8, 4) is 5.75 Å². The molecule has 26 heavy (non-hydrogen) atoms. The maximum absolute atomic E-state index is 12.3. The minimum absolute atomic E-state index is 0.0696. The van der Waals surface area contributed by atoms with E-state index in [0.29, 0.717) is 22.4 Å². The summed E-state index contributed by atoms with van der Waals surface area (Å²) in [4.78, 5) is 14.5. The van der Waals surface area contributed by atoms with Crippen molar-refractivity contribution in [2.45, 2.75) is 13.5 Å². The van der Waals surface area contributed by atoms with Crippen LogP contribution in [0.3, 0.4) is 0 Å². The molecular weight excluding hydrogens is 362 g/mol. The van der Waals surface area contributed by atoms with E-state index in [2.05, 4.69) is 25.6 Å². The van der Waals surface area contributed by atoms with Gasteiger partial charge in [-0.25, -0.2) is 0 Å². The lowest BCUT2D eigenvalue weighted by Crippen LogP contribution is -2.27. The van der Waals surface area contributed by atoms with Crippen molar-refractivity contribution in [1.29, 1.82) is 0 Å². The van der Waals surface area contributed by atoms with E-state index in [1.807, 2.05) is 42.5 Å². The fourth-order valence-electron chi connectivity index (χ4n) is 2.53. The highest BCUT2D eigenvalue weighted by Crippen LogP contribution is 2.32. The predicted molar refractivity (Wildman–Crippen MR) is 112 cm³/mol. The van der Waals surface area contributed by atoms with Crippen molar-refractivity contribution in [2.75, 3.05) is 6.54 Å². The first-order valence-electron chi connectivity index (χ1n) is 8.22. The van der Waals surface area contributed by atoms with E-state index in [-0.39, 0.29) is 5.91 Å². The Labute approximate surface area is 163 Å². The first-order valence-corrected chi connectivity index (χ1v) is 9.44. The minimum Gasteiger partial charge on any atom is -0.489 e. The van der Waals surface area contributed by atoms with E-state index in [1.165, 1.54) is 22.9 Å². The number of thiocarbonyl (C=S) groups is 1. The average Bonchev–Trinajstić information content (AvgIpc) is 2.90. The van der Waals surface area contributed by atoms with Crippen molar-refractivity contribution in [3.63, 3.8) is 0 Å². The Morgan fingerprint density at radius 3 is 2.62 bits per heavy atom. The number of thioether (sulfide) groups is 1. The molecule has 132 valence electrons. The summed E-state index contributed by atoms with van der Waals surface area (Å²) in [5.74, 6) is 0.726. The molecule has 1 saturated heterocycles. The van der Waals surface area contributed by atoms with E-state index in [4.69, 9.17) is 17.0 Å². The number of rotatable bonds is 6. The van der Waals surface area contributed by atoms with Crippen LogP contribution in [0.1, 0.15) is 16.7 Å². The molecule has 0 bridgehead atoms. The summed E-state index contributed by atoms with van der Waals surface area (Å²) in [6.45, 7) is 6.71. The Kier molecular flexibility index (Phi) is 5.91. The molecule has 0 saturated carbocycles. The molecule has 2 aromatic carbocycles. The molecule has 0 N–H and O–H groups in total. The van der Waals surface area contributed by atoms with Crippen LogP contribution in [0.15, 0.2) is 66.1 Å². The molecule has 1 aliphatic rings. The summed E-state index contributed by atoms with van der Waals surface area (Å²) in [6, 6.07) is 15.9. The number of amides is 1. The molecule has 5 heteroatoms. The number of aryl methyl sites for hydroxylation is 1. The van der Waals surface area contributed by atoms with Gasteiger partial charge in [0.25, 0.3) is 5.91 Å². The Morgan fingerprint density at radius 2 is 1.92 bits per heavy atom. The maximum atomic E-state index is 12.3. The first-order chi connectivity index (χ1) is 12.6. The number of hydrogen-bond donors (Lipinski definition) is 0. The summed E-state index contributed by atoms with van der Waals surface area (Å²) in [7, 11) is 0. The number of benzene rings is 2. The Bertz CT molecular complexity index is 872. The zero-order valence-electron chi connectivity index (χ0n) is 14.5. The third-order valence-electron chi connectivity index (χ3n) is 4.02. The summed E-state index contributed by atoms with van der Waals surface area (Å²) < 4.78 is 6.42. The van der Waals surface area contributed by atoms with Crippen LogP contribution in [0.5, 0.6) is 5.75 Å². The van der Waals surface area contributed by atoms with Crippen LogP contribution in [0.2, 0.25) is 0 Å². The van der Waals surface area contributed by atoms with Gasteiger partial charge in [0.1, 0.15) is 16.7 Å². The molecule has 1 heterocycles. The van der Waals surface area contributed by atoms with E-state index in [9.17, 15) is 4.79 Å². The highest BCUT2D eigenvalue weighted by Gasteiger charge is 2.30. The molecule has 3 rings (SSSR count). The zero-order valence-corrected chi connectivity index (χ0v) is 16.1. The van der Waals surface area contributed by atoms with E-state index in [1.54, 1.807) is 11.0 Å². The van der Waals surface area contributed by atoms with E-state index >= 15 is 0 Å². The lowest BCUT2D eigenvalue weighted by Gasteiger charge is -2.10. The van der Waals surface area contributed by atoms with Gasteiger partial charge in [0, 0.05) is 6.54 Å². The van der Waals surface area contributed by atoms with Gasteiger partial charge in [0.05, 0.1) is 4.91 Å². The van der Waals surface area contributed by atoms with Gasteiger partial charge in [0.2, 0.25) is 0 Å². The lowest BCUT2D eigenvalue weighted by atomic mass is 10.1. The van der Waals surface area contributed by atoms with Crippen LogP contribution < -0.4 is 4.74 Å². The Hall–Kier alpha value is -2.37. The smallest absolute Gasteiger partial charge is 0.266 e. The Morgan fingerprint density at radius 1 is 1.19 bits per heavy atom. The minimum atomic E-state index is -0.0696. The van der Waals surface area contributed by atoms with Gasteiger partial charge in [0.15, 0.2) is 0 Å². The molecule has 0 unspecified atom stereocenters. The number of carbonyl (C=O) groups is 1. The third kappa shape index (κ3) is 4.23. The van der Waals surface area contributed by atoms with Crippen LogP contribution in [0.4, 0.5) is 0 Å². The van der Waals surface area contributed by atoms with Crippen LogP contribution in [0, 0.1) is 6.92 Å².